The summed E-state index contributed by atoms with van der Waals surface area (Å²) in [5.41, 5.74) is 5.36. The highest BCUT2D eigenvalue weighted by atomic mass is 16.6. The van der Waals surface area contributed by atoms with Crippen LogP contribution in [-0.4, -0.2) is 27.5 Å². The molecule has 0 saturated carbocycles. The molecule has 0 rings (SSSR count). The molecule has 9 heavy (non-hydrogen) atoms. The average Bonchev–Trinajstić information content (AvgIpc) is 1.84. The van der Waals surface area contributed by atoms with E-state index in [2.05, 4.69) is 5.73 Å². The van der Waals surface area contributed by atoms with E-state index in [1.54, 1.807) is 0 Å². The summed E-state index contributed by atoms with van der Waals surface area (Å²) in [7, 11) is 0. The van der Waals surface area contributed by atoms with Gasteiger partial charge in [-0.25, -0.2) is 15.1 Å². The van der Waals surface area contributed by atoms with Crippen LogP contribution in [-0.2, 0) is 0 Å². The maximum Gasteiger partial charge on any atom is 0.373 e. The molecule has 0 fully saturated rings. The first-order valence-electron chi connectivity index (χ1n) is 1.82. The van der Waals surface area contributed by atoms with Crippen LogP contribution in [0.3, 0.4) is 0 Å². The Bertz CT molecular complexity index is 134. The lowest BCUT2D eigenvalue weighted by Gasteiger charge is -2.06. The van der Waals surface area contributed by atoms with Crippen molar-refractivity contribution in [2.24, 2.45) is 5.73 Å². The van der Waals surface area contributed by atoms with E-state index in [9.17, 15) is 9.59 Å². The molecule has 5 N–H and O–H groups in total. The van der Waals surface area contributed by atoms with E-state index in [4.69, 9.17) is 10.4 Å². The Hall–Kier alpha value is -1.34. The zero-order valence-corrected chi connectivity index (χ0v) is 4.24. The number of nitrogens with one attached hydrogen (secondary N) is 1. The Morgan fingerprint density at radius 3 is 2.11 bits per heavy atom. The average molecular weight is 135 g/mol. The summed E-state index contributed by atoms with van der Waals surface area (Å²) < 4.78 is 0. The third kappa shape index (κ3) is 1.93. The number of hydroxylamine groups is 3. The van der Waals surface area contributed by atoms with E-state index in [1.807, 2.05) is 0 Å². The summed E-state index contributed by atoms with van der Waals surface area (Å²) in [6.07, 6.45) is 0. The van der Waals surface area contributed by atoms with Crippen molar-refractivity contribution >= 4 is 12.1 Å². The summed E-state index contributed by atoms with van der Waals surface area (Å²) in [4.78, 5) is 19.8. The summed E-state index contributed by atoms with van der Waals surface area (Å²) >= 11 is 0. The highest BCUT2D eigenvalue weighted by molar-refractivity contribution is 5.90. The third-order valence-corrected chi connectivity index (χ3v) is 0.497. The van der Waals surface area contributed by atoms with E-state index in [0.717, 1.165) is 5.48 Å². The molecule has 0 saturated heterocycles. The molecule has 4 amide bonds. The van der Waals surface area contributed by atoms with Crippen LogP contribution in [0.4, 0.5) is 9.59 Å². The monoisotopic (exact) mass is 135 g/mol. The Morgan fingerprint density at radius 2 is 2.00 bits per heavy atom. The van der Waals surface area contributed by atoms with Crippen LogP contribution >= 0.6 is 0 Å². The Kier molecular flexibility index (Phi) is 2.42. The quantitative estimate of drug-likeness (QED) is 0.248. The summed E-state index contributed by atoms with van der Waals surface area (Å²) in [5.74, 6) is 0. The molecular formula is C2H5N3O4. The largest absolute Gasteiger partial charge is 0.373 e. The maximum absolute atomic E-state index is 9.97. The molecule has 7 nitrogen and oxygen atoms in total. The molecule has 0 aromatic carbocycles. The van der Waals surface area contributed by atoms with Crippen LogP contribution in [0.1, 0.15) is 0 Å². The predicted octanol–water partition coefficient (Wildman–Crippen LogP) is -1.14. The van der Waals surface area contributed by atoms with Crippen LogP contribution in [0.15, 0.2) is 0 Å². The number of carbonyl (C=O) groups excluding carboxylic acids is 2. The van der Waals surface area contributed by atoms with Crippen molar-refractivity contribution in [3.63, 3.8) is 0 Å². The van der Waals surface area contributed by atoms with Gasteiger partial charge in [-0.2, -0.15) is 0 Å². The molecule has 0 aliphatic carbocycles. The lowest BCUT2D eigenvalue weighted by molar-refractivity contribution is -0.0137. The summed E-state index contributed by atoms with van der Waals surface area (Å²) in [5, 5.41) is 15.5. The highest BCUT2D eigenvalue weighted by Crippen LogP contribution is 1.78. The number of nitrogens with zero attached hydrogens (tertiary/aromatic N) is 1. The smallest absolute Gasteiger partial charge is 0.349 e. The van der Waals surface area contributed by atoms with Crippen LogP contribution in [0, 0.1) is 0 Å². The molecule has 0 aromatic heterocycles. The molecule has 0 aliphatic rings. The number of nitrogens with two attached hydrogens (primary N) is 1. The Balaban J connectivity index is 3.88. The lowest BCUT2D eigenvalue weighted by Crippen LogP contribution is -2.43. The molecule has 0 heterocycles. The zero-order valence-electron chi connectivity index (χ0n) is 4.24. The normalized spacial score (nSPS) is 8.22. The molecule has 0 atom stereocenters. The van der Waals surface area contributed by atoms with E-state index >= 15 is 0 Å². The predicted molar refractivity (Wildman–Crippen MR) is 23.5 cm³/mol. The third-order valence-electron chi connectivity index (χ3n) is 0.497. The SMILES string of the molecule is NC(=O)N(O)C(=O)NO. The van der Waals surface area contributed by atoms with Crippen molar-refractivity contribution in [2.45, 2.75) is 0 Å². The molecule has 0 aromatic rings. The van der Waals surface area contributed by atoms with Crippen LogP contribution in [0.25, 0.3) is 0 Å². The number of amides is 4. The minimum atomic E-state index is -1.40. The first kappa shape index (κ1) is 7.66. The maximum atomic E-state index is 9.97. The van der Waals surface area contributed by atoms with Crippen molar-refractivity contribution in [3.8, 4) is 0 Å². The number of hydrogen-bond donors (Lipinski definition) is 4. The highest BCUT2D eigenvalue weighted by Gasteiger charge is 2.13. The fraction of sp³-hybridized carbons (Fsp3) is 0. The number of hydrogen-bond acceptors (Lipinski definition) is 4. The van der Waals surface area contributed by atoms with Crippen LogP contribution in [0.5, 0.6) is 0 Å². The van der Waals surface area contributed by atoms with Crippen molar-refractivity contribution in [1.29, 1.82) is 0 Å². The zero-order chi connectivity index (χ0) is 7.44. The number of urea groups is 2. The van der Waals surface area contributed by atoms with Crippen molar-refractivity contribution in [3.05, 3.63) is 0 Å². The minimum absolute atomic E-state index is 0.472. The topological polar surface area (TPSA) is 116 Å². The van der Waals surface area contributed by atoms with E-state index in [0.29, 0.717) is 0 Å². The molecule has 52 valence electrons. The van der Waals surface area contributed by atoms with Crippen molar-refractivity contribution < 1.29 is 20.0 Å². The van der Waals surface area contributed by atoms with Gasteiger partial charge >= 0.3 is 12.1 Å². The number of carbonyl (C=O) groups is 2. The number of primary amides is 1. The van der Waals surface area contributed by atoms with Gasteiger partial charge in [0.1, 0.15) is 0 Å². The fourth-order valence-corrected chi connectivity index (χ4v) is 0.147. The Labute approximate surface area is 49.6 Å². The van der Waals surface area contributed by atoms with Gasteiger partial charge < -0.3 is 5.73 Å². The van der Waals surface area contributed by atoms with Gasteiger partial charge in [0.05, 0.1) is 0 Å². The summed E-state index contributed by atoms with van der Waals surface area (Å²) in [6.45, 7) is 0. The van der Waals surface area contributed by atoms with E-state index < -0.39 is 17.1 Å². The van der Waals surface area contributed by atoms with Crippen LogP contribution < -0.4 is 11.2 Å². The van der Waals surface area contributed by atoms with Gasteiger partial charge in [-0.15, -0.1) is 5.06 Å². The van der Waals surface area contributed by atoms with Gasteiger partial charge in [0.25, 0.3) is 0 Å². The van der Waals surface area contributed by atoms with Gasteiger partial charge in [-0.3, -0.25) is 10.4 Å². The van der Waals surface area contributed by atoms with Gasteiger partial charge in [0.15, 0.2) is 0 Å². The number of imide groups is 1. The second-order valence-electron chi connectivity index (χ2n) is 1.07. The Morgan fingerprint density at radius 1 is 1.56 bits per heavy atom. The molecule has 0 spiro atoms. The first-order chi connectivity index (χ1) is 4.09. The summed E-state index contributed by atoms with van der Waals surface area (Å²) in [6, 6.07) is -2.77. The lowest BCUT2D eigenvalue weighted by atomic mass is 10.9. The molecule has 0 radical (unpaired) electrons. The first-order valence-corrected chi connectivity index (χ1v) is 1.82. The van der Waals surface area contributed by atoms with Crippen molar-refractivity contribution in [2.75, 3.05) is 0 Å². The van der Waals surface area contributed by atoms with Gasteiger partial charge in [0.2, 0.25) is 0 Å². The molecule has 0 aliphatic heterocycles. The molecule has 0 bridgehead atoms. The molecule has 7 heteroatoms. The van der Waals surface area contributed by atoms with E-state index in [1.165, 1.54) is 0 Å². The molecular weight excluding hydrogens is 130 g/mol. The molecule has 0 unspecified atom stereocenters. The number of rotatable bonds is 0. The van der Waals surface area contributed by atoms with E-state index in [-0.39, 0.29) is 0 Å². The van der Waals surface area contributed by atoms with Gasteiger partial charge in [0, 0.05) is 0 Å². The van der Waals surface area contributed by atoms with Crippen molar-refractivity contribution in [1.82, 2.24) is 10.5 Å². The second kappa shape index (κ2) is 2.84. The van der Waals surface area contributed by atoms with Gasteiger partial charge in [-0.1, -0.05) is 0 Å². The second-order valence-corrected chi connectivity index (χ2v) is 1.07. The van der Waals surface area contributed by atoms with Crippen LogP contribution in [0.2, 0.25) is 0 Å². The minimum Gasteiger partial charge on any atom is -0.349 e. The van der Waals surface area contributed by atoms with Gasteiger partial charge in [-0.05, 0) is 0 Å². The fourth-order valence-electron chi connectivity index (χ4n) is 0.147. The standard InChI is InChI=1S/C2H5N3O4/c3-1(6)5(9)2(7)4-8/h8-9H,(H2,3,6)(H,4,7).